The van der Waals surface area contributed by atoms with Gasteiger partial charge in [-0.05, 0) is 43.9 Å². The summed E-state index contributed by atoms with van der Waals surface area (Å²) < 4.78 is 8.04. The summed E-state index contributed by atoms with van der Waals surface area (Å²) >= 11 is 0. The number of nitrogens with zero attached hydrogens (tertiary/aromatic N) is 1. The zero-order valence-electron chi connectivity index (χ0n) is 11.5. The minimum Gasteiger partial charge on any atom is -0.376 e. The van der Waals surface area contributed by atoms with E-state index in [1.807, 2.05) is 0 Å². The summed E-state index contributed by atoms with van der Waals surface area (Å²) in [6.07, 6.45) is 5.87. The van der Waals surface area contributed by atoms with Gasteiger partial charge in [0.05, 0.1) is 6.10 Å². The Bertz CT molecular complexity index is 553. The minimum atomic E-state index is 0.201. The highest BCUT2D eigenvalue weighted by atomic mass is 16.5. The lowest BCUT2D eigenvalue weighted by Crippen LogP contribution is -2.18. The molecule has 2 atom stereocenters. The van der Waals surface area contributed by atoms with Gasteiger partial charge < -0.3 is 15.0 Å². The standard InChI is InChI=1S/C16H22N2O/c1-12(17)10-13-4-2-6-16-15(13)7-8-18(16)11-14-5-3-9-19-14/h2,4,6-8,12,14H,3,5,9-11,17H2,1H3. The fourth-order valence-electron chi connectivity index (χ4n) is 2.98. The number of nitrogens with two attached hydrogens (primary N) is 1. The van der Waals surface area contributed by atoms with Gasteiger partial charge in [-0.15, -0.1) is 0 Å². The molecule has 2 aromatic rings. The molecule has 1 fully saturated rings. The van der Waals surface area contributed by atoms with E-state index in [2.05, 4.69) is 42.0 Å². The number of benzene rings is 1. The molecule has 3 nitrogen and oxygen atoms in total. The third kappa shape index (κ3) is 2.67. The second-order valence-electron chi connectivity index (χ2n) is 5.63. The van der Waals surface area contributed by atoms with Crippen LogP contribution in [-0.2, 0) is 17.7 Å². The molecule has 0 bridgehead atoms. The Hall–Kier alpha value is -1.32. The van der Waals surface area contributed by atoms with Crippen molar-refractivity contribution in [2.45, 2.75) is 44.9 Å². The number of rotatable bonds is 4. The highest BCUT2D eigenvalue weighted by Crippen LogP contribution is 2.23. The zero-order chi connectivity index (χ0) is 13.2. The third-order valence-corrected chi connectivity index (χ3v) is 3.87. The van der Waals surface area contributed by atoms with Crippen molar-refractivity contribution in [3.05, 3.63) is 36.0 Å². The summed E-state index contributed by atoms with van der Waals surface area (Å²) in [5.41, 5.74) is 8.57. The van der Waals surface area contributed by atoms with Crippen molar-refractivity contribution in [3.8, 4) is 0 Å². The molecule has 1 aliphatic rings. The lowest BCUT2D eigenvalue weighted by Gasteiger charge is -2.12. The zero-order valence-corrected chi connectivity index (χ0v) is 11.5. The predicted octanol–water partition coefficient (Wildman–Crippen LogP) is 2.71. The maximum absolute atomic E-state index is 5.93. The number of fused-ring (bicyclic) bond motifs is 1. The van der Waals surface area contributed by atoms with Gasteiger partial charge in [0.15, 0.2) is 0 Å². The SMILES string of the molecule is CC(N)Cc1cccc2c1ccn2CC1CCCO1. The maximum atomic E-state index is 5.93. The average molecular weight is 258 g/mol. The Morgan fingerprint density at radius 2 is 2.32 bits per heavy atom. The van der Waals surface area contributed by atoms with Crippen molar-refractivity contribution in [1.29, 1.82) is 0 Å². The van der Waals surface area contributed by atoms with Crippen LogP contribution < -0.4 is 5.73 Å². The molecule has 19 heavy (non-hydrogen) atoms. The molecule has 1 aromatic carbocycles. The van der Waals surface area contributed by atoms with Gasteiger partial charge in [-0.1, -0.05) is 12.1 Å². The normalized spacial score (nSPS) is 21.1. The first kappa shape index (κ1) is 12.7. The van der Waals surface area contributed by atoms with E-state index in [1.54, 1.807) is 0 Å². The molecule has 1 saturated heterocycles. The Balaban J connectivity index is 1.89. The van der Waals surface area contributed by atoms with Gasteiger partial charge in [-0.3, -0.25) is 0 Å². The average Bonchev–Trinajstić information content (AvgIpc) is 3.00. The maximum Gasteiger partial charge on any atom is 0.0754 e. The molecule has 1 aromatic heterocycles. The second-order valence-corrected chi connectivity index (χ2v) is 5.63. The van der Waals surface area contributed by atoms with Crippen molar-refractivity contribution >= 4 is 10.9 Å². The van der Waals surface area contributed by atoms with Crippen LogP contribution >= 0.6 is 0 Å². The molecule has 0 saturated carbocycles. The van der Waals surface area contributed by atoms with Gasteiger partial charge in [0.1, 0.15) is 0 Å². The van der Waals surface area contributed by atoms with E-state index in [1.165, 1.54) is 29.3 Å². The quantitative estimate of drug-likeness (QED) is 0.916. The van der Waals surface area contributed by atoms with Crippen LogP contribution in [-0.4, -0.2) is 23.3 Å². The van der Waals surface area contributed by atoms with E-state index in [0.717, 1.165) is 19.6 Å². The molecule has 0 amide bonds. The van der Waals surface area contributed by atoms with E-state index in [9.17, 15) is 0 Å². The molecular weight excluding hydrogens is 236 g/mol. The molecule has 3 heteroatoms. The van der Waals surface area contributed by atoms with Crippen molar-refractivity contribution in [1.82, 2.24) is 4.57 Å². The largest absolute Gasteiger partial charge is 0.376 e. The van der Waals surface area contributed by atoms with Gasteiger partial charge >= 0.3 is 0 Å². The van der Waals surface area contributed by atoms with E-state index >= 15 is 0 Å². The Kier molecular flexibility index (Phi) is 3.58. The van der Waals surface area contributed by atoms with Crippen LogP contribution in [0.3, 0.4) is 0 Å². The van der Waals surface area contributed by atoms with Crippen LogP contribution in [0.4, 0.5) is 0 Å². The molecular formula is C16H22N2O. The Labute approximate surface area is 114 Å². The number of hydrogen-bond acceptors (Lipinski definition) is 2. The monoisotopic (exact) mass is 258 g/mol. The Morgan fingerprint density at radius 3 is 3.05 bits per heavy atom. The first-order valence-electron chi connectivity index (χ1n) is 7.18. The van der Waals surface area contributed by atoms with Gasteiger partial charge in [0.2, 0.25) is 0 Å². The first-order valence-corrected chi connectivity index (χ1v) is 7.18. The van der Waals surface area contributed by atoms with Crippen LogP contribution in [0, 0.1) is 0 Å². The van der Waals surface area contributed by atoms with Crippen molar-refractivity contribution < 1.29 is 4.74 Å². The fraction of sp³-hybridized carbons (Fsp3) is 0.500. The van der Waals surface area contributed by atoms with E-state index in [0.29, 0.717) is 6.10 Å². The summed E-state index contributed by atoms with van der Waals surface area (Å²) in [6.45, 7) is 3.94. The van der Waals surface area contributed by atoms with Gasteiger partial charge in [-0.25, -0.2) is 0 Å². The van der Waals surface area contributed by atoms with Crippen molar-refractivity contribution in [2.75, 3.05) is 6.61 Å². The summed E-state index contributed by atoms with van der Waals surface area (Å²) in [4.78, 5) is 0. The highest BCUT2D eigenvalue weighted by molar-refractivity contribution is 5.83. The first-order chi connectivity index (χ1) is 9.24. The van der Waals surface area contributed by atoms with E-state index in [-0.39, 0.29) is 6.04 Å². The summed E-state index contributed by atoms with van der Waals surface area (Å²) in [6, 6.07) is 8.91. The van der Waals surface area contributed by atoms with Crippen LogP contribution in [0.15, 0.2) is 30.5 Å². The van der Waals surface area contributed by atoms with E-state index in [4.69, 9.17) is 10.5 Å². The lowest BCUT2D eigenvalue weighted by molar-refractivity contribution is 0.0980. The molecule has 0 aliphatic carbocycles. The smallest absolute Gasteiger partial charge is 0.0754 e. The predicted molar refractivity (Wildman–Crippen MR) is 78.3 cm³/mol. The Morgan fingerprint density at radius 1 is 1.42 bits per heavy atom. The van der Waals surface area contributed by atoms with E-state index < -0.39 is 0 Å². The molecule has 0 spiro atoms. The number of ether oxygens (including phenoxy) is 1. The van der Waals surface area contributed by atoms with Crippen LogP contribution in [0.2, 0.25) is 0 Å². The lowest BCUT2D eigenvalue weighted by atomic mass is 10.0. The van der Waals surface area contributed by atoms with Crippen molar-refractivity contribution in [3.63, 3.8) is 0 Å². The summed E-state index contributed by atoms with van der Waals surface area (Å²) in [5.74, 6) is 0. The second kappa shape index (κ2) is 5.35. The van der Waals surface area contributed by atoms with Gasteiger partial charge in [0, 0.05) is 36.3 Å². The molecule has 3 rings (SSSR count). The molecule has 2 unspecified atom stereocenters. The van der Waals surface area contributed by atoms with Crippen LogP contribution in [0.25, 0.3) is 10.9 Å². The highest BCUT2D eigenvalue weighted by Gasteiger charge is 2.17. The van der Waals surface area contributed by atoms with Gasteiger partial charge in [-0.2, -0.15) is 0 Å². The molecule has 2 heterocycles. The molecule has 0 radical (unpaired) electrons. The van der Waals surface area contributed by atoms with Crippen LogP contribution in [0.5, 0.6) is 0 Å². The topological polar surface area (TPSA) is 40.2 Å². The van der Waals surface area contributed by atoms with Gasteiger partial charge in [0.25, 0.3) is 0 Å². The van der Waals surface area contributed by atoms with Crippen LogP contribution in [0.1, 0.15) is 25.3 Å². The number of aromatic nitrogens is 1. The minimum absolute atomic E-state index is 0.201. The molecule has 102 valence electrons. The summed E-state index contributed by atoms with van der Waals surface area (Å²) in [7, 11) is 0. The summed E-state index contributed by atoms with van der Waals surface area (Å²) in [5, 5.41) is 1.33. The fourth-order valence-corrected chi connectivity index (χ4v) is 2.98. The van der Waals surface area contributed by atoms with Crippen molar-refractivity contribution in [2.24, 2.45) is 5.73 Å². The molecule has 2 N–H and O–H groups in total. The third-order valence-electron chi connectivity index (χ3n) is 3.87. The number of hydrogen-bond donors (Lipinski definition) is 1. The molecule has 1 aliphatic heterocycles.